The number of sulfonamides is 1. The first-order chi connectivity index (χ1) is 5.97. The second-order valence-corrected chi connectivity index (χ2v) is 3.89. The Morgan fingerprint density at radius 1 is 1.62 bits per heavy atom. The molecule has 0 aliphatic rings. The van der Waals surface area contributed by atoms with Crippen LogP contribution in [0.15, 0.2) is 17.2 Å². The molecule has 7 nitrogen and oxygen atoms in total. The quantitative estimate of drug-likeness (QED) is 0.367. The lowest BCUT2D eigenvalue weighted by atomic mass is 10.4. The lowest BCUT2D eigenvalue weighted by Gasteiger charge is -1.95. The van der Waals surface area contributed by atoms with Gasteiger partial charge in [-0.2, -0.15) is 4.83 Å². The number of hydrogen-bond donors (Lipinski definition) is 4. The Labute approximate surface area is 73.6 Å². The minimum Gasteiger partial charge on any atom is -0.477 e. The fourth-order valence-electron chi connectivity index (χ4n) is 0.721. The molecule has 0 radical (unpaired) electrons. The molecule has 1 heterocycles. The van der Waals surface area contributed by atoms with Gasteiger partial charge in [0.05, 0.1) is 0 Å². The normalized spacial score (nSPS) is 11.5. The number of aromatic amines is 1. The van der Waals surface area contributed by atoms with Crippen LogP contribution in [0.3, 0.4) is 0 Å². The topological polar surface area (TPSA) is 125 Å². The smallest absolute Gasteiger partial charge is 0.352 e. The van der Waals surface area contributed by atoms with Crippen LogP contribution in [0, 0.1) is 0 Å². The molecule has 0 unspecified atom stereocenters. The zero-order chi connectivity index (χ0) is 10.1. The fourth-order valence-corrected chi connectivity index (χ4v) is 1.34. The molecule has 0 aliphatic carbocycles. The fraction of sp³-hybridized carbons (Fsp3) is 0. The number of rotatable bonds is 3. The molecular weight excluding hydrogens is 198 g/mol. The van der Waals surface area contributed by atoms with Gasteiger partial charge >= 0.3 is 5.97 Å². The molecule has 1 aromatic heterocycles. The van der Waals surface area contributed by atoms with Crippen LogP contribution in [0.2, 0.25) is 0 Å². The third kappa shape index (κ3) is 1.86. The lowest BCUT2D eigenvalue weighted by molar-refractivity contribution is 0.0691. The number of nitrogens with one attached hydrogen (secondary N) is 2. The molecule has 1 rings (SSSR count). The minimum absolute atomic E-state index is 0.214. The predicted molar refractivity (Wildman–Crippen MR) is 42.3 cm³/mol. The van der Waals surface area contributed by atoms with Crippen molar-refractivity contribution in [3.63, 3.8) is 0 Å². The Kier molecular flexibility index (Phi) is 2.36. The summed E-state index contributed by atoms with van der Waals surface area (Å²) in [5.41, 5.74) is -0.214. The molecule has 0 saturated heterocycles. The van der Waals surface area contributed by atoms with Crippen LogP contribution in [-0.4, -0.2) is 24.5 Å². The molecule has 72 valence electrons. The van der Waals surface area contributed by atoms with Gasteiger partial charge in [0.1, 0.15) is 10.6 Å². The molecule has 5 N–H and O–H groups in total. The molecule has 0 atom stereocenters. The van der Waals surface area contributed by atoms with Crippen molar-refractivity contribution in [1.82, 2.24) is 9.82 Å². The van der Waals surface area contributed by atoms with E-state index in [-0.39, 0.29) is 10.6 Å². The lowest BCUT2D eigenvalue weighted by Crippen LogP contribution is -2.29. The Morgan fingerprint density at radius 2 is 2.23 bits per heavy atom. The number of aromatic nitrogens is 1. The van der Waals surface area contributed by atoms with Crippen LogP contribution in [-0.2, 0) is 10.0 Å². The SMILES string of the molecule is NNS(=O)(=O)c1c[nH]c(C(=O)O)c1. The first kappa shape index (κ1) is 9.71. The van der Waals surface area contributed by atoms with Gasteiger partial charge in [-0.15, -0.1) is 0 Å². The van der Waals surface area contributed by atoms with Gasteiger partial charge in [0.2, 0.25) is 0 Å². The summed E-state index contributed by atoms with van der Waals surface area (Å²) in [5.74, 6) is 3.49. The number of nitrogens with two attached hydrogens (primary N) is 1. The van der Waals surface area contributed by atoms with Gasteiger partial charge in [-0.1, -0.05) is 0 Å². The minimum atomic E-state index is -3.78. The number of aromatic carboxylic acids is 1. The summed E-state index contributed by atoms with van der Waals surface area (Å²) in [6.45, 7) is 0. The third-order valence-corrected chi connectivity index (χ3v) is 2.52. The number of carboxylic acids is 1. The zero-order valence-corrected chi connectivity index (χ0v) is 7.13. The van der Waals surface area contributed by atoms with E-state index in [2.05, 4.69) is 4.98 Å². The van der Waals surface area contributed by atoms with E-state index in [9.17, 15) is 13.2 Å². The van der Waals surface area contributed by atoms with E-state index >= 15 is 0 Å². The van der Waals surface area contributed by atoms with Crippen LogP contribution in [0.25, 0.3) is 0 Å². The van der Waals surface area contributed by atoms with E-state index in [1.165, 1.54) is 0 Å². The molecule has 13 heavy (non-hydrogen) atoms. The summed E-state index contributed by atoms with van der Waals surface area (Å²) in [6, 6.07) is 0.970. The van der Waals surface area contributed by atoms with E-state index in [1.54, 1.807) is 4.83 Å². The third-order valence-electron chi connectivity index (χ3n) is 1.35. The van der Waals surface area contributed by atoms with Gasteiger partial charge in [-0.05, 0) is 6.07 Å². The van der Waals surface area contributed by atoms with Crippen LogP contribution in [0.1, 0.15) is 10.5 Å². The highest BCUT2D eigenvalue weighted by atomic mass is 32.2. The van der Waals surface area contributed by atoms with Gasteiger partial charge in [0, 0.05) is 6.20 Å². The van der Waals surface area contributed by atoms with Crippen LogP contribution in [0.4, 0.5) is 0 Å². The Balaban J connectivity index is 3.13. The van der Waals surface area contributed by atoms with Gasteiger partial charge in [0.25, 0.3) is 10.0 Å². The number of carboxylic acid groups (broad SMARTS) is 1. The first-order valence-corrected chi connectivity index (χ1v) is 4.60. The van der Waals surface area contributed by atoms with Crippen molar-refractivity contribution >= 4 is 16.0 Å². The molecule has 0 aromatic carbocycles. The molecule has 0 bridgehead atoms. The van der Waals surface area contributed by atoms with Crippen LogP contribution < -0.4 is 10.7 Å². The highest BCUT2D eigenvalue weighted by Gasteiger charge is 2.15. The van der Waals surface area contributed by atoms with Gasteiger partial charge in [-0.25, -0.2) is 13.2 Å². The maximum atomic E-state index is 11.0. The molecule has 8 heteroatoms. The van der Waals surface area contributed by atoms with Crippen molar-refractivity contribution in [2.24, 2.45) is 5.84 Å². The first-order valence-electron chi connectivity index (χ1n) is 3.11. The Hall–Kier alpha value is -1.38. The maximum absolute atomic E-state index is 11.0. The average Bonchev–Trinajstić information content (AvgIpc) is 2.52. The monoisotopic (exact) mass is 205 g/mol. The highest BCUT2D eigenvalue weighted by Crippen LogP contribution is 2.09. The summed E-state index contributed by atoms with van der Waals surface area (Å²) in [5, 5.41) is 8.46. The van der Waals surface area contributed by atoms with E-state index < -0.39 is 16.0 Å². The van der Waals surface area contributed by atoms with Crippen molar-refractivity contribution in [3.8, 4) is 0 Å². The standard InChI is InChI=1S/C5H7N3O4S/c6-8-13(11,12)3-1-4(5(9)10)7-2-3/h1-2,7-8H,6H2,(H,9,10). The molecule has 0 fully saturated rings. The van der Waals surface area contributed by atoms with Gasteiger partial charge in [0.15, 0.2) is 0 Å². The van der Waals surface area contributed by atoms with Crippen molar-refractivity contribution in [2.75, 3.05) is 0 Å². The van der Waals surface area contributed by atoms with Gasteiger partial charge in [-0.3, -0.25) is 5.84 Å². The average molecular weight is 205 g/mol. The summed E-state index contributed by atoms with van der Waals surface area (Å²) in [4.78, 5) is 14.0. The summed E-state index contributed by atoms with van der Waals surface area (Å²) < 4.78 is 22.0. The van der Waals surface area contributed by atoms with Crippen molar-refractivity contribution in [3.05, 3.63) is 18.0 Å². The molecule has 0 spiro atoms. The maximum Gasteiger partial charge on any atom is 0.352 e. The summed E-state index contributed by atoms with van der Waals surface area (Å²) in [7, 11) is -3.78. The number of hydrogen-bond acceptors (Lipinski definition) is 4. The van der Waals surface area contributed by atoms with E-state index in [0.29, 0.717) is 0 Å². The number of carbonyl (C=O) groups is 1. The van der Waals surface area contributed by atoms with Crippen LogP contribution >= 0.6 is 0 Å². The molecule has 0 aliphatic heterocycles. The Morgan fingerprint density at radius 3 is 2.62 bits per heavy atom. The number of H-pyrrole nitrogens is 1. The zero-order valence-electron chi connectivity index (χ0n) is 6.31. The van der Waals surface area contributed by atoms with E-state index in [0.717, 1.165) is 12.3 Å². The molecule has 0 amide bonds. The van der Waals surface area contributed by atoms with E-state index in [4.69, 9.17) is 10.9 Å². The van der Waals surface area contributed by atoms with E-state index in [1.807, 2.05) is 0 Å². The molecular formula is C5H7N3O4S. The van der Waals surface area contributed by atoms with Crippen molar-refractivity contribution < 1.29 is 18.3 Å². The number of hydrazine groups is 1. The Bertz CT molecular complexity index is 421. The summed E-state index contributed by atoms with van der Waals surface area (Å²) in [6.07, 6.45) is 1.04. The second kappa shape index (κ2) is 3.17. The highest BCUT2D eigenvalue weighted by molar-refractivity contribution is 7.89. The largest absolute Gasteiger partial charge is 0.477 e. The van der Waals surface area contributed by atoms with Crippen molar-refractivity contribution in [2.45, 2.75) is 4.90 Å². The van der Waals surface area contributed by atoms with Gasteiger partial charge < -0.3 is 10.1 Å². The summed E-state index contributed by atoms with van der Waals surface area (Å²) >= 11 is 0. The van der Waals surface area contributed by atoms with Crippen LogP contribution in [0.5, 0.6) is 0 Å². The second-order valence-electron chi connectivity index (χ2n) is 2.18. The predicted octanol–water partition coefficient (Wildman–Crippen LogP) is -1.14. The molecule has 1 aromatic rings. The van der Waals surface area contributed by atoms with Crippen molar-refractivity contribution in [1.29, 1.82) is 0 Å². The molecule has 0 saturated carbocycles.